The first-order chi connectivity index (χ1) is 14.2. The van der Waals surface area contributed by atoms with E-state index in [0.29, 0.717) is 32.4 Å². The monoisotopic (exact) mass is 412 g/mol. The Hall–Kier alpha value is -2.89. The highest BCUT2D eigenvalue weighted by molar-refractivity contribution is 5.69. The van der Waals surface area contributed by atoms with Gasteiger partial charge in [-0.3, -0.25) is 9.78 Å². The van der Waals surface area contributed by atoms with Gasteiger partial charge in [-0.15, -0.1) is 0 Å². The summed E-state index contributed by atoms with van der Waals surface area (Å²) < 4.78 is 10.3. The van der Waals surface area contributed by atoms with E-state index in [-0.39, 0.29) is 5.97 Å². The largest absolute Gasteiger partial charge is 0.466 e. The number of rotatable bonds is 9. The van der Waals surface area contributed by atoms with Crippen molar-refractivity contribution in [2.45, 2.75) is 59.0 Å². The van der Waals surface area contributed by atoms with Gasteiger partial charge in [0.25, 0.3) is 0 Å². The zero-order valence-electron chi connectivity index (χ0n) is 18.4. The van der Waals surface area contributed by atoms with Crippen molar-refractivity contribution in [2.24, 2.45) is 0 Å². The Labute approximate surface area is 179 Å². The number of esters is 1. The fourth-order valence-corrected chi connectivity index (χ4v) is 3.07. The molecule has 0 aliphatic carbocycles. The number of carbonyl (C=O) groups excluding carboxylic acids is 2. The van der Waals surface area contributed by atoms with E-state index < -0.39 is 11.7 Å². The molecule has 6 nitrogen and oxygen atoms in total. The van der Waals surface area contributed by atoms with E-state index >= 15 is 0 Å². The lowest BCUT2D eigenvalue weighted by molar-refractivity contribution is -0.143. The smallest absolute Gasteiger partial charge is 0.407 e. The average molecular weight is 413 g/mol. The Morgan fingerprint density at radius 1 is 0.967 bits per heavy atom. The number of ether oxygens (including phenoxy) is 2. The molecule has 0 bridgehead atoms. The zero-order valence-corrected chi connectivity index (χ0v) is 18.4. The van der Waals surface area contributed by atoms with Gasteiger partial charge in [0.1, 0.15) is 5.60 Å². The molecule has 0 radical (unpaired) electrons. The number of carbonyl (C=O) groups is 2. The first-order valence-corrected chi connectivity index (χ1v) is 10.4. The molecule has 1 amide bonds. The minimum absolute atomic E-state index is 0.190. The van der Waals surface area contributed by atoms with E-state index in [4.69, 9.17) is 9.47 Å². The van der Waals surface area contributed by atoms with Gasteiger partial charge in [-0.25, -0.2) is 4.79 Å². The maximum atomic E-state index is 11.9. The molecule has 0 unspecified atom stereocenters. The number of hydrogen-bond acceptors (Lipinski definition) is 5. The van der Waals surface area contributed by atoms with Crippen molar-refractivity contribution in [1.82, 2.24) is 10.3 Å². The molecule has 30 heavy (non-hydrogen) atoms. The van der Waals surface area contributed by atoms with Crippen LogP contribution in [0.2, 0.25) is 0 Å². The van der Waals surface area contributed by atoms with Crippen LogP contribution in [-0.4, -0.2) is 35.8 Å². The van der Waals surface area contributed by atoms with E-state index in [1.165, 1.54) is 5.56 Å². The summed E-state index contributed by atoms with van der Waals surface area (Å²) >= 11 is 0. The van der Waals surface area contributed by atoms with Gasteiger partial charge in [0, 0.05) is 25.4 Å². The van der Waals surface area contributed by atoms with Crippen molar-refractivity contribution < 1.29 is 19.1 Å². The van der Waals surface area contributed by atoms with Crippen LogP contribution in [-0.2, 0) is 33.5 Å². The molecule has 2 aromatic rings. The maximum absolute atomic E-state index is 11.9. The summed E-state index contributed by atoms with van der Waals surface area (Å²) in [7, 11) is 0. The molecule has 0 aliphatic heterocycles. The zero-order chi connectivity index (χ0) is 22.0. The summed E-state index contributed by atoms with van der Waals surface area (Å²) in [4.78, 5) is 27.7. The lowest BCUT2D eigenvalue weighted by Gasteiger charge is -2.19. The van der Waals surface area contributed by atoms with Gasteiger partial charge in [-0.2, -0.15) is 0 Å². The SMILES string of the molecule is CCOC(=O)CCc1cc(CCNC(=O)OC(C)(C)C)cc(Cc2ccncc2)c1. The van der Waals surface area contributed by atoms with Crippen molar-refractivity contribution in [3.63, 3.8) is 0 Å². The van der Waals surface area contributed by atoms with E-state index in [1.54, 1.807) is 12.4 Å². The van der Waals surface area contributed by atoms with Crippen LogP contribution in [0, 0.1) is 0 Å². The molecular formula is C24H32N2O4. The lowest BCUT2D eigenvalue weighted by atomic mass is 9.97. The third-order valence-electron chi connectivity index (χ3n) is 4.27. The van der Waals surface area contributed by atoms with Crippen LogP contribution in [0.25, 0.3) is 0 Å². The summed E-state index contributed by atoms with van der Waals surface area (Å²) in [6, 6.07) is 10.4. The number of amides is 1. The van der Waals surface area contributed by atoms with Crippen LogP contribution in [0.3, 0.4) is 0 Å². The molecule has 0 atom stereocenters. The Morgan fingerprint density at radius 2 is 1.60 bits per heavy atom. The molecule has 162 valence electrons. The van der Waals surface area contributed by atoms with Crippen LogP contribution in [0.4, 0.5) is 4.79 Å². The molecule has 1 aromatic carbocycles. The second-order valence-corrected chi connectivity index (χ2v) is 8.17. The van der Waals surface area contributed by atoms with Gasteiger partial charge < -0.3 is 14.8 Å². The van der Waals surface area contributed by atoms with Crippen molar-refractivity contribution >= 4 is 12.1 Å². The fourth-order valence-electron chi connectivity index (χ4n) is 3.07. The van der Waals surface area contributed by atoms with Crippen LogP contribution in [0.15, 0.2) is 42.7 Å². The second-order valence-electron chi connectivity index (χ2n) is 8.17. The molecule has 2 rings (SSSR count). The van der Waals surface area contributed by atoms with E-state index in [2.05, 4.69) is 28.5 Å². The molecular weight excluding hydrogens is 380 g/mol. The predicted molar refractivity (Wildman–Crippen MR) is 116 cm³/mol. The topological polar surface area (TPSA) is 77.5 Å². The van der Waals surface area contributed by atoms with Crippen molar-refractivity contribution in [2.75, 3.05) is 13.2 Å². The summed E-state index contributed by atoms with van der Waals surface area (Å²) in [6.45, 7) is 8.19. The Kier molecular flexibility index (Phi) is 8.84. The molecule has 1 N–H and O–H groups in total. The van der Waals surface area contributed by atoms with Gasteiger partial charge >= 0.3 is 12.1 Å². The van der Waals surface area contributed by atoms with Gasteiger partial charge in [-0.05, 0) is 81.3 Å². The lowest BCUT2D eigenvalue weighted by Crippen LogP contribution is -2.33. The molecule has 0 aliphatic rings. The summed E-state index contributed by atoms with van der Waals surface area (Å²) in [6.07, 6.45) is 5.57. The van der Waals surface area contributed by atoms with Crippen LogP contribution in [0.5, 0.6) is 0 Å². The standard InChI is InChI=1S/C24H32N2O4/c1-5-29-22(27)7-6-19-15-20(10-13-26-23(28)30-24(2,3)4)17-21(16-19)14-18-8-11-25-12-9-18/h8-9,11-12,15-17H,5-7,10,13-14H2,1-4H3,(H,26,28). The third kappa shape index (κ3) is 9.07. The number of aryl methyl sites for hydroxylation is 1. The second kappa shape index (κ2) is 11.3. The summed E-state index contributed by atoms with van der Waals surface area (Å²) in [5.74, 6) is -0.190. The highest BCUT2D eigenvalue weighted by Crippen LogP contribution is 2.17. The van der Waals surface area contributed by atoms with Gasteiger partial charge in [0.15, 0.2) is 0 Å². The number of aromatic nitrogens is 1. The van der Waals surface area contributed by atoms with Gasteiger partial charge in [-0.1, -0.05) is 18.2 Å². The summed E-state index contributed by atoms with van der Waals surface area (Å²) in [5, 5.41) is 2.80. The van der Waals surface area contributed by atoms with Crippen LogP contribution in [0.1, 0.15) is 56.4 Å². The Morgan fingerprint density at radius 3 is 2.23 bits per heavy atom. The molecule has 0 spiro atoms. The van der Waals surface area contributed by atoms with E-state index in [1.807, 2.05) is 39.8 Å². The summed E-state index contributed by atoms with van der Waals surface area (Å²) in [5.41, 5.74) is 4.01. The minimum Gasteiger partial charge on any atom is -0.466 e. The number of alkyl carbamates (subject to hydrolysis) is 1. The van der Waals surface area contributed by atoms with Crippen LogP contribution < -0.4 is 5.32 Å². The molecule has 1 aromatic heterocycles. The molecule has 6 heteroatoms. The normalized spacial score (nSPS) is 11.1. The molecule has 0 saturated heterocycles. The minimum atomic E-state index is -0.519. The first-order valence-electron chi connectivity index (χ1n) is 10.4. The fraction of sp³-hybridized carbons (Fsp3) is 0.458. The number of hydrogen-bond donors (Lipinski definition) is 1. The van der Waals surface area contributed by atoms with E-state index in [0.717, 1.165) is 23.1 Å². The molecule has 0 fully saturated rings. The third-order valence-corrected chi connectivity index (χ3v) is 4.27. The van der Waals surface area contributed by atoms with Crippen LogP contribution >= 0.6 is 0 Å². The number of pyridine rings is 1. The van der Waals surface area contributed by atoms with Crippen molar-refractivity contribution in [3.05, 3.63) is 65.0 Å². The maximum Gasteiger partial charge on any atom is 0.407 e. The number of nitrogens with one attached hydrogen (secondary N) is 1. The Balaban J connectivity index is 2.06. The average Bonchev–Trinajstić information content (AvgIpc) is 2.66. The highest BCUT2D eigenvalue weighted by atomic mass is 16.6. The van der Waals surface area contributed by atoms with Gasteiger partial charge in [0.05, 0.1) is 6.61 Å². The Bertz CT molecular complexity index is 829. The highest BCUT2D eigenvalue weighted by Gasteiger charge is 2.15. The first kappa shape index (κ1) is 23.4. The van der Waals surface area contributed by atoms with E-state index in [9.17, 15) is 9.59 Å². The molecule has 0 saturated carbocycles. The van der Waals surface area contributed by atoms with Crippen molar-refractivity contribution in [3.8, 4) is 0 Å². The predicted octanol–water partition coefficient (Wildman–Crippen LogP) is 4.24. The number of nitrogens with zero attached hydrogens (tertiary/aromatic N) is 1. The van der Waals surface area contributed by atoms with Crippen molar-refractivity contribution in [1.29, 1.82) is 0 Å². The van der Waals surface area contributed by atoms with Gasteiger partial charge in [0.2, 0.25) is 0 Å². The molecule has 1 heterocycles. The number of benzene rings is 1. The quantitative estimate of drug-likeness (QED) is 0.624.